The number of hydrogen-bond acceptors (Lipinski definition) is 3. The van der Waals surface area contributed by atoms with Crippen molar-refractivity contribution in [2.75, 3.05) is 0 Å². The fourth-order valence-electron chi connectivity index (χ4n) is 4.59. The molecule has 0 spiro atoms. The van der Waals surface area contributed by atoms with Crippen molar-refractivity contribution in [3.8, 4) is 0 Å². The van der Waals surface area contributed by atoms with Crippen molar-refractivity contribution in [2.45, 2.75) is 33.4 Å². The summed E-state index contributed by atoms with van der Waals surface area (Å²) in [5, 5.41) is 0.431. The standard InChI is InChI=1S/C27H22FNO3/c1-15-8-10-18(11-9-15)14-29-24(19-6-4-5-7-20(19)28)23-25(30)22-17(3)12-16(2)13-21(22)32-26(23)27(29)31/h4-13,24H,14H2,1-3H3. The van der Waals surface area contributed by atoms with E-state index in [1.807, 2.05) is 51.1 Å². The first kappa shape index (κ1) is 20.2. The van der Waals surface area contributed by atoms with Gasteiger partial charge in [0, 0.05) is 12.1 Å². The van der Waals surface area contributed by atoms with Crippen LogP contribution in [0.3, 0.4) is 0 Å². The Bertz CT molecular complexity index is 1440. The van der Waals surface area contributed by atoms with Crippen LogP contribution in [0.1, 0.15) is 50.0 Å². The van der Waals surface area contributed by atoms with Gasteiger partial charge in [0.2, 0.25) is 5.76 Å². The van der Waals surface area contributed by atoms with Gasteiger partial charge in [-0.25, -0.2) is 4.39 Å². The number of aryl methyl sites for hydroxylation is 3. The van der Waals surface area contributed by atoms with Crippen LogP contribution in [0.15, 0.2) is 69.9 Å². The number of carbonyl (C=O) groups is 1. The Morgan fingerprint density at radius 2 is 1.66 bits per heavy atom. The molecule has 1 amide bonds. The molecule has 0 saturated heterocycles. The smallest absolute Gasteiger partial charge is 0.291 e. The van der Waals surface area contributed by atoms with Gasteiger partial charge in [-0.3, -0.25) is 9.59 Å². The van der Waals surface area contributed by atoms with Gasteiger partial charge >= 0.3 is 0 Å². The van der Waals surface area contributed by atoms with E-state index in [4.69, 9.17) is 4.42 Å². The van der Waals surface area contributed by atoms with E-state index in [-0.39, 0.29) is 28.9 Å². The van der Waals surface area contributed by atoms with Crippen molar-refractivity contribution in [1.82, 2.24) is 4.90 Å². The average Bonchev–Trinajstić information content (AvgIpc) is 3.01. The lowest BCUT2D eigenvalue weighted by Gasteiger charge is -2.25. The molecule has 32 heavy (non-hydrogen) atoms. The van der Waals surface area contributed by atoms with Crippen molar-refractivity contribution in [1.29, 1.82) is 0 Å². The Morgan fingerprint density at radius 1 is 0.938 bits per heavy atom. The maximum atomic E-state index is 14.9. The first-order chi connectivity index (χ1) is 15.3. The number of amides is 1. The van der Waals surface area contributed by atoms with Crippen LogP contribution in [-0.2, 0) is 6.54 Å². The fraction of sp³-hybridized carbons (Fsp3) is 0.185. The topological polar surface area (TPSA) is 50.5 Å². The molecule has 1 atom stereocenters. The maximum Gasteiger partial charge on any atom is 0.291 e. The molecule has 5 rings (SSSR count). The molecule has 4 nitrogen and oxygen atoms in total. The minimum atomic E-state index is -0.860. The van der Waals surface area contributed by atoms with Gasteiger partial charge < -0.3 is 9.32 Å². The molecule has 0 radical (unpaired) electrons. The Morgan fingerprint density at radius 3 is 2.38 bits per heavy atom. The highest BCUT2D eigenvalue weighted by atomic mass is 19.1. The van der Waals surface area contributed by atoms with Crippen molar-refractivity contribution < 1.29 is 13.6 Å². The highest BCUT2D eigenvalue weighted by molar-refractivity contribution is 5.99. The summed E-state index contributed by atoms with van der Waals surface area (Å²) < 4.78 is 21.0. The van der Waals surface area contributed by atoms with Gasteiger partial charge in [0.05, 0.1) is 17.0 Å². The first-order valence-electron chi connectivity index (χ1n) is 10.5. The summed E-state index contributed by atoms with van der Waals surface area (Å²) in [5.74, 6) is -0.882. The van der Waals surface area contributed by atoms with Crippen LogP contribution < -0.4 is 5.43 Å². The summed E-state index contributed by atoms with van der Waals surface area (Å²) in [5.41, 5.74) is 4.27. The Balaban J connectivity index is 1.76. The molecule has 1 aliphatic rings. The van der Waals surface area contributed by atoms with Crippen LogP contribution in [-0.4, -0.2) is 10.8 Å². The van der Waals surface area contributed by atoms with Gasteiger partial charge in [-0.2, -0.15) is 0 Å². The molecule has 1 aliphatic heterocycles. The molecule has 160 valence electrons. The molecule has 0 saturated carbocycles. The van der Waals surface area contributed by atoms with Crippen molar-refractivity contribution in [3.63, 3.8) is 0 Å². The Kier molecular flexibility index (Phi) is 4.70. The zero-order valence-corrected chi connectivity index (χ0v) is 18.1. The minimum Gasteiger partial charge on any atom is -0.450 e. The molecule has 5 heteroatoms. The molecular weight excluding hydrogens is 405 g/mol. The summed E-state index contributed by atoms with van der Waals surface area (Å²) in [4.78, 5) is 28.7. The Labute approximate surface area is 184 Å². The second kappa shape index (κ2) is 7.45. The normalized spacial score (nSPS) is 15.4. The van der Waals surface area contributed by atoms with E-state index in [2.05, 4.69) is 0 Å². The van der Waals surface area contributed by atoms with E-state index >= 15 is 0 Å². The zero-order valence-electron chi connectivity index (χ0n) is 18.1. The highest BCUT2D eigenvalue weighted by Crippen LogP contribution is 2.40. The van der Waals surface area contributed by atoms with Crippen molar-refractivity contribution in [3.05, 3.63) is 116 Å². The van der Waals surface area contributed by atoms with Gasteiger partial charge in [0.15, 0.2) is 5.43 Å². The van der Waals surface area contributed by atoms with Crippen LogP contribution in [0.25, 0.3) is 11.0 Å². The molecule has 2 heterocycles. The predicted octanol–water partition coefficient (Wildman–Crippen LogP) is 5.60. The van der Waals surface area contributed by atoms with Crippen molar-refractivity contribution >= 4 is 16.9 Å². The number of rotatable bonds is 3. The largest absolute Gasteiger partial charge is 0.450 e. The van der Waals surface area contributed by atoms with E-state index in [1.165, 1.54) is 11.0 Å². The summed E-state index contributed by atoms with van der Waals surface area (Å²) >= 11 is 0. The maximum absolute atomic E-state index is 14.9. The minimum absolute atomic E-state index is 0.00661. The molecule has 0 aliphatic carbocycles. The van der Waals surface area contributed by atoms with E-state index in [0.29, 0.717) is 11.0 Å². The van der Waals surface area contributed by atoms with Crippen LogP contribution in [0.5, 0.6) is 0 Å². The van der Waals surface area contributed by atoms with Crippen molar-refractivity contribution in [2.24, 2.45) is 0 Å². The van der Waals surface area contributed by atoms with E-state index in [0.717, 1.165) is 22.3 Å². The second-order valence-corrected chi connectivity index (χ2v) is 8.47. The SMILES string of the molecule is Cc1ccc(CN2C(=O)c3oc4cc(C)cc(C)c4c(=O)c3C2c2ccccc2F)cc1. The molecule has 1 aromatic heterocycles. The van der Waals surface area contributed by atoms with E-state index in [9.17, 15) is 14.0 Å². The van der Waals surface area contributed by atoms with Crippen LogP contribution in [0.2, 0.25) is 0 Å². The van der Waals surface area contributed by atoms with Gasteiger partial charge in [-0.05, 0) is 49.6 Å². The highest BCUT2D eigenvalue weighted by Gasteiger charge is 2.43. The second-order valence-electron chi connectivity index (χ2n) is 8.47. The van der Waals surface area contributed by atoms with Gasteiger partial charge in [0.1, 0.15) is 11.4 Å². The lowest BCUT2D eigenvalue weighted by Crippen LogP contribution is -2.29. The quantitative estimate of drug-likeness (QED) is 0.427. The summed E-state index contributed by atoms with van der Waals surface area (Å²) in [6.07, 6.45) is 0. The number of hydrogen-bond donors (Lipinski definition) is 0. The summed E-state index contributed by atoms with van der Waals surface area (Å²) in [6, 6.07) is 16.9. The van der Waals surface area contributed by atoms with Crippen LogP contribution in [0.4, 0.5) is 4.39 Å². The fourth-order valence-corrected chi connectivity index (χ4v) is 4.59. The third-order valence-corrected chi connectivity index (χ3v) is 6.09. The molecular formula is C27H22FNO3. The Hall–Kier alpha value is -3.73. The molecule has 1 unspecified atom stereocenters. The molecule has 0 N–H and O–H groups in total. The number of fused-ring (bicyclic) bond motifs is 2. The molecule has 0 fully saturated rings. The lowest BCUT2D eigenvalue weighted by atomic mass is 9.96. The predicted molar refractivity (Wildman–Crippen MR) is 121 cm³/mol. The van der Waals surface area contributed by atoms with Crippen LogP contribution in [0, 0.1) is 26.6 Å². The lowest BCUT2D eigenvalue weighted by molar-refractivity contribution is 0.0712. The third-order valence-electron chi connectivity index (χ3n) is 6.09. The van der Waals surface area contributed by atoms with Gasteiger partial charge in [0.25, 0.3) is 5.91 Å². The number of halogens is 1. The van der Waals surface area contributed by atoms with Gasteiger partial charge in [-0.1, -0.05) is 54.1 Å². The number of benzene rings is 3. The van der Waals surface area contributed by atoms with E-state index < -0.39 is 17.8 Å². The average molecular weight is 427 g/mol. The number of nitrogens with zero attached hydrogens (tertiary/aromatic N) is 1. The van der Waals surface area contributed by atoms with Gasteiger partial charge in [-0.15, -0.1) is 0 Å². The first-order valence-corrected chi connectivity index (χ1v) is 10.5. The zero-order chi connectivity index (χ0) is 22.6. The number of carbonyl (C=O) groups excluding carboxylic acids is 1. The third kappa shape index (κ3) is 3.12. The summed E-state index contributed by atoms with van der Waals surface area (Å²) in [6.45, 7) is 5.97. The van der Waals surface area contributed by atoms with Crippen LogP contribution >= 0.6 is 0 Å². The molecule has 4 aromatic rings. The van der Waals surface area contributed by atoms with E-state index in [1.54, 1.807) is 24.3 Å². The molecule has 3 aromatic carbocycles. The monoisotopic (exact) mass is 427 g/mol. The summed E-state index contributed by atoms with van der Waals surface area (Å²) in [7, 11) is 0. The molecule has 0 bridgehead atoms.